The minimum Gasteiger partial charge on any atom is -0.497 e. The maximum atomic E-state index is 12.0. The van der Waals surface area contributed by atoms with Gasteiger partial charge in [-0.1, -0.05) is 24.4 Å². The van der Waals surface area contributed by atoms with Crippen LogP contribution in [0.3, 0.4) is 0 Å². The lowest BCUT2D eigenvalue weighted by Gasteiger charge is -2.11. The van der Waals surface area contributed by atoms with Crippen molar-refractivity contribution in [3.8, 4) is 5.75 Å². The molecule has 0 saturated heterocycles. The first-order valence-electron chi connectivity index (χ1n) is 6.21. The fraction of sp³-hybridized carbons (Fsp3) is 0.0667. The van der Waals surface area contributed by atoms with Crippen LogP contribution in [0.1, 0.15) is 5.56 Å². The summed E-state index contributed by atoms with van der Waals surface area (Å²) in [5.41, 5.74) is 7.46. The second kappa shape index (κ2) is 6.71. The number of benzene rings is 2. The molecule has 2 rings (SSSR count). The van der Waals surface area contributed by atoms with E-state index in [-0.39, 0.29) is 11.0 Å². The van der Waals surface area contributed by atoms with Gasteiger partial charge in [0.2, 0.25) is 0 Å². The number of nitrogens with one attached hydrogen (secondary N) is 2. The van der Waals surface area contributed by atoms with E-state index in [0.717, 1.165) is 5.75 Å². The predicted octanol–water partition coefficient (Wildman–Crippen LogP) is 2.97. The second-order valence-corrected chi connectivity index (χ2v) is 4.66. The smallest absolute Gasteiger partial charge is 0.323 e. The molecule has 0 saturated carbocycles. The van der Waals surface area contributed by atoms with Gasteiger partial charge in [0.25, 0.3) is 0 Å². The summed E-state index contributed by atoms with van der Waals surface area (Å²) in [6, 6.07) is 13.7. The van der Waals surface area contributed by atoms with Crippen molar-refractivity contribution in [3.05, 3.63) is 54.1 Å². The van der Waals surface area contributed by atoms with Crippen molar-refractivity contribution in [2.45, 2.75) is 0 Å². The lowest BCUT2D eigenvalue weighted by molar-refractivity contribution is 0.262. The van der Waals surface area contributed by atoms with Crippen LogP contribution in [0.2, 0.25) is 0 Å². The molecule has 0 aliphatic rings. The van der Waals surface area contributed by atoms with Crippen LogP contribution in [0.15, 0.2) is 48.5 Å². The normalized spacial score (nSPS) is 9.76. The summed E-state index contributed by atoms with van der Waals surface area (Å²) < 4.78 is 5.06. The number of anilines is 2. The summed E-state index contributed by atoms with van der Waals surface area (Å²) in [4.78, 5) is 12.2. The number of nitrogens with two attached hydrogens (primary N) is 1. The maximum Gasteiger partial charge on any atom is 0.323 e. The van der Waals surface area contributed by atoms with Crippen molar-refractivity contribution in [2.75, 3.05) is 17.7 Å². The molecule has 0 unspecified atom stereocenters. The summed E-state index contributed by atoms with van der Waals surface area (Å²) in [6.45, 7) is 0. The van der Waals surface area contributed by atoms with Crippen LogP contribution in [0.5, 0.6) is 5.75 Å². The van der Waals surface area contributed by atoms with Gasteiger partial charge in [-0.15, -0.1) is 0 Å². The van der Waals surface area contributed by atoms with Crippen LogP contribution in [-0.4, -0.2) is 18.1 Å². The van der Waals surface area contributed by atoms with Crippen LogP contribution in [0.25, 0.3) is 0 Å². The minimum atomic E-state index is -0.371. The Morgan fingerprint density at radius 2 is 1.76 bits per heavy atom. The van der Waals surface area contributed by atoms with Crippen LogP contribution >= 0.6 is 12.2 Å². The van der Waals surface area contributed by atoms with Crippen LogP contribution in [0, 0.1) is 0 Å². The molecular formula is C15H15N3O2S. The summed E-state index contributed by atoms with van der Waals surface area (Å²) >= 11 is 4.95. The molecule has 5 nitrogen and oxygen atoms in total. The Morgan fingerprint density at radius 1 is 1.10 bits per heavy atom. The summed E-state index contributed by atoms with van der Waals surface area (Å²) in [5.74, 6) is 0.722. The van der Waals surface area contributed by atoms with E-state index in [4.69, 9.17) is 22.7 Å². The van der Waals surface area contributed by atoms with Crippen molar-refractivity contribution in [2.24, 2.45) is 5.73 Å². The highest BCUT2D eigenvalue weighted by molar-refractivity contribution is 7.80. The number of methoxy groups -OCH3 is 1. The Hall–Kier alpha value is -2.60. The van der Waals surface area contributed by atoms with Crippen LogP contribution in [-0.2, 0) is 0 Å². The average molecular weight is 301 g/mol. The molecule has 2 amide bonds. The van der Waals surface area contributed by atoms with Gasteiger partial charge < -0.3 is 21.1 Å². The van der Waals surface area contributed by atoms with Gasteiger partial charge in [0.05, 0.1) is 12.8 Å². The van der Waals surface area contributed by atoms with E-state index >= 15 is 0 Å². The third-order valence-corrected chi connectivity index (χ3v) is 3.01. The minimum absolute atomic E-state index is 0.232. The van der Waals surface area contributed by atoms with Gasteiger partial charge >= 0.3 is 6.03 Å². The van der Waals surface area contributed by atoms with E-state index in [2.05, 4.69) is 10.6 Å². The lowest BCUT2D eigenvalue weighted by Crippen LogP contribution is -2.22. The molecule has 6 heteroatoms. The van der Waals surface area contributed by atoms with Gasteiger partial charge in [-0.2, -0.15) is 0 Å². The number of para-hydroxylation sites is 1. The van der Waals surface area contributed by atoms with Gasteiger partial charge in [0.15, 0.2) is 0 Å². The number of hydrogen-bond donors (Lipinski definition) is 3. The van der Waals surface area contributed by atoms with Crippen molar-refractivity contribution in [1.82, 2.24) is 0 Å². The van der Waals surface area contributed by atoms with Gasteiger partial charge in [0.1, 0.15) is 10.7 Å². The van der Waals surface area contributed by atoms with Crippen molar-refractivity contribution >= 4 is 34.6 Å². The highest BCUT2D eigenvalue weighted by atomic mass is 32.1. The Balaban J connectivity index is 2.06. The highest BCUT2D eigenvalue weighted by Crippen LogP contribution is 2.17. The van der Waals surface area contributed by atoms with Crippen molar-refractivity contribution in [1.29, 1.82) is 0 Å². The first kappa shape index (κ1) is 14.8. The Labute approximate surface area is 128 Å². The molecule has 108 valence electrons. The SMILES string of the molecule is COc1ccc(NC(=O)Nc2ccccc2C(N)=S)cc1. The Morgan fingerprint density at radius 3 is 2.38 bits per heavy atom. The highest BCUT2D eigenvalue weighted by Gasteiger charge is 2.08. The van der Waals surface area contributed by atoms with Gasteiger partial charge in [-0.25, -0.2) is 4.79 Å². The lowest BCUT2D eigenvalue weighted by atomic mass is 10.2. The summed E-state index contributed by atoms with van der Waals surface area (Å²) in [6.07, 6.45) is 0. The van der Waals surface area contributed by atoms with E-state index in [0.29, 0.717) is 16.9 Å². The molecule has 4 N–H and O–H groups in total. The van der Waals surface area contributed by atoms with Crippen molar-refractivity contribution in [3.63, 3.8) is 0 Å². The molecule has 0 fully saturated rings. The second-order valence-electron chi connectivity index (χ2n) is 4.22. The number of carbonyl (C=O) groups is 1. The zero-order valence-corrected chi connectivity index (χ0v) is 12.2. The molecule has 2 aromatic rings. The fourth-order valence-corrected chi connectivity index (χ4v) is 1.94. The number of hydrogen-bond acceptors (Lipinski definition) is 3. The average Bonchev–Trinajstić information content (AvgIpc) is 2.48. The van der Waals surface area contributed by atoms with E-state index in [1.165, 1.54) is 0 Å². The first-order valence-corrected chi connectivity index (χ1v) is 6.62. The van der Waals surface area contributed by atoms with E-state index in [9.17, 15) is 4.79 Å². The molecule has 0 spiro atoms. The van der Waals surface area contributed by atoms with Crippen LogP contribution in [0.4, 0.5) is 16.2 Å². The third-order valence-electron chi connectivity index (χ3n) is 2.79. The molecule has 0 aliphatic carbocycles. The van der Waals surface area contributed by atoms with Crippen LogP contribution < -0.4 is 21.1 Å². The van der Waals surface area contributed by atoms with E-state index in [1.807, 2.05) is 0 Å². The molecule has 0 radical (unpaired) electrons. The van der Waals surface area contributed by atoms with Gasteiger partial charge in [0, 0.05) is 11.3 Å². The molecule has 0 bridgehead atoms. The maximum absolute atomic E-state index is 12.0. The molecule has 21 heavy (non-hydrogen) atoms. The standard InChI is InChI=1S/C15H15N3O2S/c1-20-11-8-6-10(7-9-11)17-15(19)18-13-5-3-2-4-12(13)14(16)21/h2-9H,1H3,(H2,16,21)(H2,17,18,19). The topological polar surface area (TPSA) is 76.4 Å². The third kappa shape index (κ3) is 3.93. The number of urea groups is 1. The zero-order valence-electron chi connectivity index (χ0n) is 11.4. The molecule has 0 atom stereocenters. The number of ether oxygens (including phenoxy) is 1. The molecule has 0 aromatic heterocycles. The largest absolute Gasteiger partial charge is 0.497 e. The monoisotopic (exact) mass is 301 g/mol. The first-order chi connectivity index (χ1) is 10.1. The molecule has 0 aliphatic heterocycles. The number of amides is 2. The fourth-order valence-electron chi connectivity index (χ4n) is 1.77. The Kier molecular flexibility index (Phi) is 4.73. The zero-order chi connectivity index (χ0) is 15.2. The molecular weight excluding hydrogens is 286 g/mol. The number of rotatable bonds is 4. The molecule has 2 aromatic carbocycles. The van der Waals surface area contributed by atoms with Gasteiger partial charge in [-0.05, 0) is 36.4 Å². The summed E-state index contributed by atoms with van der Waals surface area (Å²) in [7, 11) is 1.59. The number of thiocarbonyl (C=S) groups is 1. The van der Waals surface area contributed by atoms with E-state index < -0.39 is 0 Å². The van der Waals surface area contributed by atoms with Gasteiger partial charge in [-0.3, -0.25) is 0 Å². The van der Waals surface area contributed by atoms with E-state index in [1.54, 1.807) is 55.6 Å². The quantitative estimate of drug-likeness (QED) is 0.759. The number of carbonyl (C=O) groups excluding carboxylic acids is 1. The summed E-state index contributed by atoms with van der Waals surface area (Å²) in [5, 5.41) is 5.44. The Bertz CT molecular complexity index is 656. The van der Waals surface area contributed by atoms with Crippen molar-refractivity contribution < 1.29 is 9.53 Å². The molecule has 0 heterocycles. The predicted molar refractivity (Wildman–Crippen MR) is 88.0 cm³/mol.